The normalized spacial score (nSPS) is 11.2. The van der Waals surface area contributed by atoms with E-state index in [0.29, 0.717) is 17.5 Å². The van der Waals surface area contributed by atoms with Gasteiger partial charge in [0.2, 0.25) is 10.0 Å². The summed E-state index contributed by atoms with van der Waals surface area (Å²) in [6, 6.07) is 1.40. The van der Waals surface area contributed by atoms with Gasteiger partial charge in [-0.15, -0.1) is 0 Å². The van der Waals surface area contributed by atoms with Crippen molar-refractivity contribution in [2.45, 2.75) is 11.3 Å². The van der Waals surface area contributed by atoms with Crippen LogP contribution in [-0.2, 0) is 14.8 Å². The van der Waals surface area contributed by atoms with Gasteiger partial charge in [0.05, 0.1) is 12.9 Å². The summed E-state index contributed by atoms with van der Waals surface area (Å²) < 4.78 is 31.7. The minimum absolute atomic E-state index is 0.0526. The number of aromatic nitrogens is 1. The summed E-state index contributed by atoms with van der Waals surface area (Å²) in [5.74, 6) is 0. The second-order valence-electron chi connectivity index (χ2n) is 3.23. The predicted molar refractivity (Wildman–Crippen MR) is 72.9 cm³/mol. The molecule has 1 heterocycles. The number of nitrogens with one attached hydrogen (secondary N) is 1. The van der Waals surface area contributed by atoms with Crippen molar-refractivity contribution in [1.82, 2.24) is 9.71 Å². The van der Waals surface area contributed by atoms with Crippen LogP contribution in [0.2, 0.25) is 5.15 Å². The second-order valence-corrected chi connectivity index (χ2v) is 6.24. The molecule has 0 bridgehead atoms. The Kier molecular flexibility index (Phi) is 6.07. The first kappa shape index (κ1) is 15.4. The molecule has 1 aromatic heterocycles. The zero-order valence-corrected chi connectivity index (χ0v) is 12.6. The highest BCUT2D eigenvalue weighted by Crippen LogP contribution is 2.22. The summed E-state index contributed by atoms with van der Waals surface area (Å²) in [4.78, 5) is 3.71. The van der Waals surface area contributed by atoms with Crippen LogP contribution < -0.4 is 4.72 Å². The van der Waals surface area contributed by atoms with Crippen LogP contribution >= 0.6 is 27.5 Å². The fourth-order valence-corrected chi connectivity index (χ4v) is 3.13. The third kappa shape index (κ3) is 4.56. The van der Waals surface area contributed by atoms with Gasteiger partial charge in [-0.1, -0.05) is 18.2 Å². The molecule has 5 nitrogen and oxygen atoms in total. The minimum Gasteiger partial charge on any atom is -0.502 e. The van der Waals surface area contributed by atoms with E-state index in [2.05, 4.69) is 32.2 Å². The highest BCUT2D eigenvalue weighted by atomic mass is 79.9. The first-order valence-corrected chi connectivity index (χ1v) is 7.66. The molecule has 0 radical (unpaired) electrons. The fourth-order valence-electron chi connectivity index (χ4n) is 1.12. The number of sulfonamides is 1. The molecule has 0 aliphatic carbocycles. The van der Waals surface area contributed by atoms with E-state index in [-0.39, 0.29) is 16.6 Å². The summed E-state index contributed by atoms with van der Waals surface area (Å²) in [6.07, 6.45) is 3.27. The van der Waals surface area contributed by atoms with E-state index in [0.717, 1.165) is 0 Å². The number of pyridine rings is 1. The van der Waals surface area contributed by atoms with Gasteiger partial charge in [-0.2, -0.15) is 0 Å². The van der Waals surface area contributed by atoms with Crippen molar-refractivity contribution in [2.75, 3.05) is 13.2 Å². The van der Waals surface area contributed by atoms with Crippen LogP contribution in [0.5, 0.6) is 0 Å². The van der Waals surface area contributed by atoms with Crippen molar-refractivity contribution in [3.63, 3.8) is 0 Å². The Hall–Kier alpha value is -0.630. The zero-order valence-electron chi connectivity index (χ0n) is 9.40. The van der Waals surface area contributed by atoms with Crippen molar-refractivity contribution in [1.29, 1.82) is 0 Å². The predicted octanol–water partition coefficient (Wildman–Crippen LogP) is 2.33. The summed E-state index contributed by atoms with van der Waals surface area (Å²) in [7, 11) is -3.66. The van der Waals surface area contributed by atoms with Crippen LogP contribution in [0, 0.1) is 0 Å². The number of nitrogens with zero attached hydrogens (tertiary/aromatic N) is 1. The van der Waals surface area contributed by atoms with E-state index >= 15 is 0 Å². The van der Waals surface area contributed by atoms with Gasteiger partial charge in [0.25, 0.3) is 0 Å². The summed E-state index contributed by atoms with van der Waals surface area (Å²) in [5, 5.41) is -0.0620. The average molecular weight is 356 g/mol. The number of ether oxygens (including phenoxy) is 1. The number of halogens is 2. The first-order chi connectivity index (χ1) is 8.47. The highest BCUT2D eigenvalue weighted by Gasteiger charge is 2.18. The molecule has 0 aliphatic rings. The van der Waals surface area contributed by atoms with E-state index in [9.17, 15) is 8.42 Å². The Morgan fingerprint density at radius 3 is 3.00 bits per heavy atom. The van der Waals surface area contributed by atoms with Gasteiger partial charge in [0.1, 0.15) is 10.0 Å². The Labute approximate surface area is 119 Å². The Balaban J connectivity index is 2.68. The Bertz CT molecular complexity index is 522. The third-order valence-corrected chi connectivity index (χ3v) is 4.23. The molecule has 0 atom stereocenters. The van der Waals surface area contributed by atoms with Crippen LogP contribution in [0.3, 0.4) is 0 Å². The van der Waals surface area contributed by atoms with Crippen LogP contribution in [0.1, 0.15) is 6.42 Å². The molecule has 0 amide bonds. The summed E-state index contributed by atoms with van der Waals surface area (Å²) in [5.41, 5.74) is 0. The topological polar surface area (TPSA) is 68.3 Å². The molecular weight excluding hydrogens is 344 g/mol. The quantitative estimate of drug-likeness (QED) is 0.463. The van der Waals surface area contributed by atoms with Gasteiger partial charge >= 0.3 is 0 Å². The maximum absolute atomic E-state index is 11.9. The largest absolute Gasteiger partial charge is 0.502 e. The van der Waals surface area contributed by atoms with Gasteiger partial charge in [0.15, 0.2) is 0 Å². The van der Waals surface area contributed by atoms with Gasteiger partial charge in [0, 0.05) is 17.2 Å². The fraction of sp³-hybridized carbons (Fsp3) is 0.300. The van der Waals surface area contributed by atoms with Gasteiger partial charge in [-0.05, 0) is 28.4 Å². The molecule has 0 saturated carbocycles. The number of rotatable bonds is 7. The molecule has 0 fully saturated rings. The molecule has 0 unspecified atom stereocenters. The lowest BCUT2D eigenvalue weighted by Gasteiger charge is -2.08. The molecule has 100 valence electrons. The minimum atomic E-state index is -3.66. The van der Waals surface area contributed by atoms with E-state index in [1.807, 2.05) is 0 Å². The average Bonchev–Trinajstić information content (AvgIpc) is 2.32. The standard InChI is InChI=1S/C10H12BrClN2O3S/c1-2-17-5-3-4-14-18(15,16)9-6-8(11)7-13-10(9)12/h2,6-7,14H,1,3-5H2. The molecule has 1 N–H and O–H groups in total. The van der Waals surface area contributed by atoms with E-state index in [1.165, 1.54) is 18.5 Å². The van der Waals surface area contributed by atoms with Crippen LogP contribution in [0.25, 0.3) is 0 Å². The molecule has 0 aliphatic heterocycles. The molecule has 8 heteroatoms. The van der Waals surface area contributed by atoms with Crippen molar-refractivity contribution >= 4 is 37.6 Å². The van der Waals surface area contributed by atoms with Crippen LogP contribution in [0.4, 0.5) is 0 Å². The lowest BCUT2D eigenvalue weighted by atomic mass is 10.5. The molecule has 0 spiro atoms. The molecule has 0 saturated heterocycles. The van der Waals surface area contributed by atoms with Crippen LogP contribution in [0.15, 0.2) is 34.5 Å². The Morgan fingerprint density at radius 2 is 2.33 bits per heavy atom. The van der Waals surface area contributed by atoms with Gasteiger partial charge < -0.3 is 4.74 Å². The van der Waals surface area contributed by atoms with E-state index in [4.69, 9.17) is 16.3 Å². The maximum Gasteiger partial charge on any atom is 0.243 e. The third-order valence-electron chi connectivity index (χ3n) is 1.91. The molecule has 18 heavy (non-hydrogen) atoms. The van der Waals surface area contributed by atoms with Gasteiger partial charge in [-0.3, -0.25) is 0 Å². The van der Waals surface area contributed by atoms with Crippen molar-refractivity contribution in [3.05, 3.63) is 34.7 Å². The van der Waals surface area contributed by atoms with Crippen LogP contribution in [-0.4, -0.2) is 26.6 Å². The summed E-state index contributed by atoms with van der Waals surface area (Å²) in [6.45, 7) is 4.03. The number of hydrogen-bond donors (Lipinski definition) is 1. The smallest absolute Gasteiger partial charge is 0.243 e. The van der Waals surface area contributed by atoms with Crippen molar-refractivity contribution < 1.29 is 13.2 Å². The van der Waals surface area contributed by atoms with E-state index in [1.54, 1.807) is 0 Å². The van der Waals surface area contributed by atoms with Crippen molar-refractivity contribution in [2.24, 2.45) is 0 Å². The van der Waals surface area contributed by atoms with Gasteiger partial charge in [-0.25, -0.2) is 18.1 Å². The SMILES string of the molecule is C=COCCCNS(=O)(=O)c1cc(Br)cnc1Cl. The molecular formula is C10H12BrClN2O3S. The molecule has 0 aromatic carbocycles. The number of hydrogen-bond acceptors (Lipinski definition) is 4. The lowest BCUT2D eigenvalue weighted by molar-refractivity contribution is 0.247. The Morgan fingerprint density at radius 1 is 1.61 bits per heavy atom. The van der Waals surface area contributed by atoms with Crippen molar-refractivity contribution in [3.8, 4) is 0 Å². The van der Waals surface area contributed by atoms with E-state index < -0.39 is 10.0 Å². The second kappa shape index (κ2) is 7.08. The highest BCUT2D eigenvalue weighted by molar-refractivity contribution is 9.10. The first-order valence-electron chi connectivity index (χ1n) is 5.00. The zero-order chi connectivity index (χ0) is 13.6. The summed E-state index contributed by atoms with van der Waals surface area (Å²) >= 11 is 8.90. The molecule has 1 aromatic rings. The monoisotopic (exact) mass is 354 g/mol. The molecule has 1 rings (SSSR count). The maximum atomic E-state index is 11.9. The lowest BCUT2D eigenvalue weighted by Crippen LogP contribution is -2.26.